The summed E-state index contributed by atoms with van der Waals surface area (Å²) < 4.78 is 34.0. The third-order valence-corrected chi connectivity index (χ3v) is 7.86. The molecular formula is C28H24F2N6O3. The van der Waals surface area contributed by atoms with Crippen molar-refractivity contribution in [2.24, 2.45) is 0 Å². The van der Waals surface area contributed by atoms with Crippen molar-refractivity contribution in [1.82, 2.24) is 29.1 Å². The molecule has 39 heavy (non-hydrogen) atoms. The number of likely N-dealkylation sites (tertiary alicyclic amines) is 1. The fourth-order valence-electron chi connectivity index (χ4n) is 6.05. The first-order valence-corrected chi connectivity index (χ1v) is 13.0. The zero-order valence-corrected chi connectivity index (χ0v) is 20.9. The zero-order chi connectivity index (χ0) is 26.8. The Morgan fingerprint density at radius 3 is 2.56 bits per heavy atom. The van der Waals surface area contributed by atoms with Crippen molar-refractivity contribution in [2.45, 2.75) is 32.4 Å². The van der Waals surface area contributed by atoms with Gasteiger partial charge in [0.05, 0.1) is 28.6 Å². The third-order valence-electron chi connectivity index (χ3n) is 7.86. The van der Waals surface area contributed by atoms with E-state index in [2.05, 4.69) is 10.3 Å². The van der Waals surface area contributed by atoms with Gasteiger partial charge in [0, 0.05) is 56.1 Å². The molecule has 1 aromatic carbocycles. The molecule has 3 aliphatic heterocycles. The van der Waals surface area contributed by atoms with Gasteiger partial charge in [0.25, 0.3) is 11.8 Å². The predicted octanol–water partition coefficient (Wildman–Crippen LogP) is 3.56. The normalized spacial score (nSPS) is 17.9. The lowest BCUT2D eigenvalue weighted by Crippen LogP contribution is -2.45. The number of aromatic nitrogens is 3. The SMILES string of the molecule is O=C1NC(=O)C(c2cnc3ccccn23)=C1c1cn2c3c(cc(F)c(F)c13)CN(C(=O)N1CCCCC1)CC2. The topological polar surface area (TPSA) is 92.0 Å². The van der Waals surface area contributed by atoms with E-state index in [1.807, 2.05) is 4.90 Å². The van der Waals surface area contributed by atoms with E-state index in [0.29, 0.717) is 48.6 Å². The molecule has 3 aromatic heterocycles. The average molecular weight is 531 g/mol. The summed E-state index contributed by atoms with van der Waals surface area (Å²) in [7, 11) is 0. The van der Waals surface area contributed by atoms with Gasteiger partial charge in [0.1, 0.15) is 5.65 Å². The Morgan fingerprint density at radius 2 is 1.74 bits per heavy atom. The lowest BCUT2D eigenvalue weighted by Gasteiger charge is -2.32. The summed E-state index contributed by atoms with van der Waals surface area (Å²) in [5.74, 6) is -3.51. The van der Waals surface area contributed by atoms with Crippen LogP contribution in [0.4, 0.5) is 13.6 Å². The second kappa shape index (κ2) is 8.75. The second-order valence-corrected chi connectivity index (χ2v) is 10.1. The van der Waals surface area contributed by atoms with Crippen LogP contribution in [-0.2, 0) is 22.7 Å². The van der Waals surface area contributed by atoms with Crippen LogP contribution in [0.15, 0.2) is 42.9 Å². The van der Waals surface area contributed by atoms with Gasteiger partial charge >= 0.3 is 6.03 Å². The van der Waals surface area contributed by atoms with Crippen molar-refractivity contribution in [2.75, 3.05) is 19.6 Å². The van der Waals surface area contributed by atoms with Crippen molar-refractivity contribution in [3.8, 4) is 0 Å². The van der Waals surface area contributed by atoms with Crippen molar-refractivity contribution in [3.63, 3.8) is 0 Å². The monoisotopic (exact) mass is 530 g/mol. The van der Waals surface area contributed by atoms with Crippen LogP contribution in [0.25, 0.3) is 27.7 Å². The summed E-state index contributed by atoms with van der Waals surface area (Å²) in [6.07, 6.45) is 7.77. The molecule has 1 N–H and O–H groups in total. The molecule has 9 nitrogen and oxygen atoms in total. The number of nitrogens with one attached hydrogen (secondary N) is 1. The number of halogens is 2. The highest BCUT2D eigenvalue weighted by molar-refractivity contribution is 6.49. The maximum absolute atomic E-state index is 15.6. The maximum atomic E-state index is 15.6. The predicted molar refractivity (Wildman–Crippen MR) is 138 cm³/mol. The van der Waals surface area contributed by atoms with E-state index in [1.54, 1.807) is 44.5 Å². The van der Waals surface area contributed by atoms with Gasteiger partial charge in [-0.15, -0.1) is 0 Å². The maximum Gasteiger partial charge on any atom is 0.320 e. The minimum Gasteiger partial charge on any atom is -0.345 e. The molecule has 4 aromatic rings. The Bertz CT molecular complexity index is 1750. The number of carbonyl (C=O) groups excluding carboxylic acids is 3. The van der Waals surface area contributed by atoms with Gasteiger partial charge in [-0.3, -0.25) is 19.3 Å². The number of urea groups is 1. The molecule has 0 bridgehead atoms. The van der Waals surface area contributed by atoms with Gasteiger partial charge in [-0.1, -0.05) is 6.07 Å². The molecule has 1 saturated heterocycles. The summed E-state index contributed by atoms with van der Waals surface area (Å²) in [6, 6.07) is 6.33. The van der Waals surface area contributed by atoms with Gasteiger partial charge in [0.2, 0.25) is 0 Å². The van der Waals surface area contributed by atoms with E-state index in [0.717, 1.165) is 25.3 Å². The number of fused-ring (bicyclic) bond motifs is 1. The fourth-order valence-corrected chi connectivity index (χ4v) is 6.05. The highest BCUT2D eigenvalue weighted by Gasteiger charge is 2.37. The molecule has 0 atom stereocenters. The zero-order valence-electron chi connectivity index (χ0n) is 20.9. The molecular weight excluding hydrogens is 506 g/mol. The summed E-state index contributed by atoms with van der Waals surface area (Å²) in [5, 5.41) is 2.24. The molecule has 0 saturated carbocycles. The van der Waals surface area contributed by atoms with Crippen molar-refractivity contribution in [3.05, 3.63) is 71.3 Å². The largest absolute Gasteiger partial charge is 0.345 e. The number of imidazole rings is 1. The molecule has 7 rings (SSSR count). The van der Waals surface area contributed by atoms with E-state index in [9.17, 15) is 14.4 Å². The van der Waals surface area contributed by atoms with Gasteiger partial charge < -0.3 is 14.4 Å². The summed E-state index contributed by atoms with van der Waals surface area (Å²) in [4.78, 5) is 47.2. The van der Waals surface area contributed by atoms with Crippen LogP contribution >= 0.6 is 0 Å². The molecule has 3 aliphatic rings. The Labute approximate surface area is 221 Å². The van der Waals surface area contributed by atoms with Crippen molar-refractivity contribution < 1.29 is 23.2 Å². The van der Waals surface area contributed by atoms with Crippen LogP contribution in [-0.4, -0.2) is 61.2 Å². The van der Waals surface area contributed by atoms with Gasteiger partial charge in [-0.25, -0.2) is 18.6 Å². The lowest BCUT2D eigenvalue weighted by molar-refractivity contribution is -0.122. The number of piperidine rings is 1. The van der Waals surface area contributed by atoms with Crippen molar-refractivity contribution >= 4 is 45.5 Å². The van der Waals surface area contributed by atoms with Crippen molar-refractivity contribution in [1.29, 1.82) is 0 Å². The van der Waals surface area contributed by atoms with E-state index in [1.165, 1.54) is 6.20 Å². The summed E-state index contributed by atoms with van der Waals surface area (Å²) in [6.45, 7) is 2.13. The highest BCUT2D eigenvalue weighted by atomic mass is 19.2. The number of nitrogens with zero attached hydrogens (tertiary/aromatic N) is 5. The third kappa shape index (κ3) is 3.56. The Hall–Kier alpha value is -4.54. The number of imide groups is 1. The fraction of sp³-hybridized carbons (Fsp3) is 0.286. The number of carbonyl (C=O) groups is 3. The number of hydrogen-bond donors (Lipinski definition) is 1. The molecule has 6 heterocycles. The molecule has 1 fully saturated rings. The minimum atomic E-state index is -1.10. The smallest absolute Gasteiger partial charge is 0.320 e. The molecule has 11 heteroatoms. The van der Waals surface area contributed by atoms with Crippen LogP contribution in [0.3, 0.4) is 0 Å². The molecule has 0 spiro atoms. The molecule has 198 valence electrons. The number of benzene rings is 1. The standard InChI is InChI=1S/C28H24F2N6O3/c29-18-12-16-14-35(28(39)33-7-3-1-4-8-33)11-10-34-15-17(22(24(18)30)25(16)34)21-23(27(38)32-26(21)37)19-13-31-20-6-2-5-9-36(19)20/h2,5-6,9,12-13,15H,1,3-4,7-8,10-11,14H2,(H,32,37,38). The minimum absolute atomic E-state index is 0.0355. The molecule has 4 amide bonds. The Kier molecular flexibility index (Phi) is 5.29. The van der Waals surface area contributed by atoms with Crippen LogP contribution in [0.5, 0.6) is 0 Å². The molecule has 0 radical (unpaired) electrons. The van der Waals surface area contributed by atoms with E-state index in [4.69, 9.17) is 0 Å². The highest BCUT2D eigenvalue weighted by Crippen LogP contribution is 2.40. The first kappa shape index (κ1) is 23.6. The summed E-state index contributed by atoms with van der Waals surface area (Å²) >= 11 is 0. The second-order valence-electron chi connectivity index (χ2n) is 10.1. The Balaban J connectivity index is 1.40. The van der Waals surface area contributed by atoms with Crippen LogP contribution < -0.4 is 5.32 Å². The van der Waals surface area contributed by atoms with Crippen LogP contribution in [0.2, 0.25) is 0 Å². The van der Waals surface area contributed by atoms with E-state index >= 15 is 8.78 Å². The average Bonchev–Trinajstić information content (AvgIpc) is 3.58. The van der Waals surface area contributed by atoms with E-state index in [-0.39, 0.29) is 34.7 Å². The van der Waals surface area contributed by atoms with Crippen LogP contribution in [0.1, 0.15) is 36.1 Å². The first-order valence-electron chi connectivity index (χ1n) is 13.0. The summed E-state index contributed by atoms with van der Waals surface area (Å²) in [5.41, 5.74) is 1.93. The lowest BCUT2D eigenvalue weighted by atomic mass is 9.97. The first-order chi connectivity index (χ1) is 18.9. The van der Waals surface area contributed by atoms with Gasteiger partial charge in [-0.05, 0) is 43.0 Å². The van der Waals surface area contributed by atoms with Gasteiger partial charge in [-0.2, -0.15) is 0 Å². The molecule has 0 aliphatic carbocycles. The Morgan fingerprint density at radius 1 is 0.949 bits per heavy atom. The van der Waals surface area contributed by atoms with E-state index < -0.39 is 23.4 Å². The number of rotatable bonds is 2. The molecule has 0 unspecified atom stereocenters. The number of hydrogen-bond acceptors (Lipinski definition) is 4. The number of pyridine rings is 1. The number of amides is 4. The van der Waals surface area contributed by atoms with Crippen LogP contribution in [0, 0.1) is 11.6 Å². The van der Waals surface area contributed by atoms with Gasteiger partial charge in [0.15, 0.2) is 11.6 Å². The quantitative estimate of drug-likeness (QED) is 0.402.